The van der Waals surface area contributed by atoms with Crippen molar-refractivity contribution in [2.75, 3.05) is 4.81 Å². The summed E-state index contributed by atoms with van der Waals surface area (Å²) in [4.78, 5) is 7.79. The summed E-state index contributed by atoms with van der Waals surface area (Å²) >= 11 is 0. The third-order valence-electron chi connectivity index (χ3n) is 5.60. The Kier molecular flexibility index (Phi) is 11.5. The minimum absolute atomic E-state index is 0. The van der Waals surface area contributed by atoms with Crippen LogP contribution in [0, 0.1) is 0 Å². The Bertz CT molecular complexity index is 655. The number of nitrogens with zero attached hydrogens (tertiary/aromatic N) is 3. The van der Waals surface area contributed by atoms with Gasteiger partial charge in [0.05, 0.1) is 0 Å². The minimum Gasteiger partial charge on any atom is -0.376 e. The van der Waals surface area contributed by atoms with Crippen LogP contribution in [0.4, 0.5) is 11.4 Å². The first-order chi connectivity index (χ1) is 13.7. The maximum Gasteiger partial charge on any atom is 0.321 e. The molecule has 3 nitrogen and oxygen atoms in total. The molecule has 0 saturated carbocycles. The molecular formula is C24H39B2N3Ti. The molecule has 6 heteroatoms. The van der Waals surface area contributed by atoms with Gasteiger partial charge in [-0.1, -0.05) is 91.8 Å². The molecule has 0 amide bonds. The summed E-state index contributed by atoms with van der Waals surface area (Å²) in [6.45, 7) is 18.7. The van der Waals surface area contributed by atoms with Crippen LogP contribution in [0.2, 0.25) is 0 Å². The predicted octanol–water partition coefficient (Wildman–Crippen LogP) is 5.40. The minimum atomic E-state index is 0. The Balaban J connectivity index is 0.00000450. The van der Waals surface area contributed by atoms with Crippen LogP contribution < -0.4 is 4.81 Å². The Morgan fingerprint density at radius 1 is 0.600 bits per heavy atom. The molecule has 0 bridgehead atoms. The summed E-state index contributed by atoms with van der Waals surface area (Å²) in [6.07, 6.45) is 0. The van der Waals surface area contributed by atoms with Gasteiger partial charge in [-0.2, -0.15) is 0 Å². The van der Waals surface area contributed by atoms with Crippen LogP contribution in [-0.4, -0.2) is 48.0 Å². The second kappa shape index (κ2) is 12.8. The SMILES string of the molecule is CC(C)N(BB(N(c1ccccc1)c1ccccc1)N(C(C)C)C(C)C)C(C)C.[Ti]. The van der Waals surface area contributed by atoms with Crippen molar-refractivity contribution in [2.45, 2.75) is 79.6 Å². The van der Waals surface area contributed by atoms with E-state index in [2.05, 4.69) is 130 Å². The van der Waals surface area contributed by atoms with Gasteiger partial charge in [0.25, 0.3) is 0 Å². The van der Waals surface area contributed by atoms with E-state index in [0.717, 1.165) is 7.31 Å². The molecule has 0 atom stereocenters. The van der Waals surface area contributed by atoms with Crippen LogP contribution in [0.5, 0.6) is 0 Å². The van der Waals surface area contributed by atoms with E-state index in [1.807, 2.05) is 0 Å². The fourth-order valence-corrected chi connectivity index (χ4v) is 4.47. The van der Waals surface area contributed by atoms with Gasteiger partial charge in [0.15, 0.2) is 0 Å². The number of hydrogen-bond acceptors (Lipinski definition) is 3. The van der Waals surface area contributed by atoms with Gasteiger partial charge in [-0.15, -0.1) is 0 Å². The molecule has 0 unspecified atom stereocenters. The number of benzene rings is 2. The van der Waals surface area contributed by atoms with Crippen molar-refractivity contribution in [2.24, 2.45) is 0 Å². The first-order valence-corrected chi connectivity index (χ1v) is 11.2. The first-order valence-electron chi connectivity index (χ1n) is 11.2. The monoisotopic (exact) mass is 439 g/mol. The number of hydrogen-bond donors (Lipinski definition) is 0. The molecule has 2 aromatic carbocycles. The molecule has 0 fully saturated rings. The predicted molar refractivity (Wildman–Crippen MR) is 132 cm³/mol. The average molecular weight is 439 g/mol. The molecule has 0 aliphatic rings. The summed E-state index contributed by atoms with van der Waals surface area (Å²) in [7, 11) is 0.982. The maximum absolute atomic E-state index is 2.65. The van der Waals surface area contributed by atoms with E-state index in [1.165, 1.54) is 11.4 Å². The normalized spacial score (nSPS) is 11.5. The van der Waals surface area contributed by atoms with Gasteiger partial charge in [0.2, 0.25) is 7.31 Å². The quantitative estimate of drug-likeness (QED) is 0.460. The average Bonchev–Trinajstić information content (AvgIpc) is 2.66. The van der Waals surface area contributed by atoms with Crippen molar-refractivity contribution in [3.8, 4) is 0 Å². The number of rotatable bonds is 10. The van der Waals surface area contributed by atoms with Crippen molar-refractivity contribution in [3.05, 3.63) is 60.7 Å². The van der Waals surface area contributed by atoms with Gasteiger partial charge in [0, 0.05) is 33.1 Å². The van der Waals surface area contributed by atoms with E-state index in [0.29, 0.717) is 24.2 Å². The van der Waals surface area contributed by atoms with Crippen molar-refractivity contribution in [1.82, 2.24) is 9.62 Å². The van der Waals surface area contributed by atoms with Crippen molar-refractivity contribution < 1.29 is 21.7 Å². The molecule has 0 saturated heterocycles. The molecule has 0 aromatic heterocycles. The smallest absolute Gasteiger partial charge is 0.321 e. The van der Waals surface area contributed by atoms with Gasteiger partial charge < -0.3 is 14.4 Å². The topological polar surface area (TPSA) is 9.72 Å². The molecule has 2 rings (SSSR count). The number of anilines is 2. The fraction of sp³-hybridized carbons (Fsp3) is 0.500. The van der Waals surface area contributed by atoms with Crippen LogP contribution in [0.25, 0.3) is 0 Å². The van der Waals surface area contributed by atoms with E-state index >= 15 is 0 Å². The molecule has 30 heavy (non-hydrogen) atoms. The van der Waals surface area contributed by atoms with Crippen LogP contribution in [-0.2, 0) is 21.7 Å². The molecule has 0 heterocycles. The van der Waals surface area contributed by atoms with Crippen LogP contribution in [0.15, 0.2) is 60.7 Å². The van der Waals surface area contributed by atoms with Crippen molar-refractivity contribution >= 4 is 25.6 Å². The fourth-order valence-electron chi connectivity index (χ4n) is 4.47. The molecule has 0 aliphatic heterocycles. The van der Waals surface area contributed by atoms with E-state index in [9.17, 15) is 0 Å². The van der Waals surface area contributed by atoms with Crippen LogP contribution in [0.3, 0.4) is 0 Å². The zero-order valence-electron chi connectivity index (χ0n) is 20.2. The maximum atomic E-state index is 2.65. The summed E-state index contributed by atoms with van der Waals surface area (Å²) in [5.41, 5.74) is 2.48. The Hall–Kier alpha value is -0.996. The van der Waals surface area contributed by atoms with Crippen LogP contribution in [0.1, 0.15) is 55.4 Å². The Labute approximate surface area is 201 Å². The zero-order chi connectivity index (χ0) is 21.6. The van der Waals surface area contributed by atoms with Gasteiger partial charge >= 0.3 is 6.87 Å². The largest absolute Gasteiger partial charge is 0.376 e. The summed E-state index contributed by atoms with van der Waals surface area (Å²) < 4.78 is 0. The molecule has 160 valence electrons. The zero-order valence-corrected chi connectivity index (χ0v) is 21.8. The summed E-state index contributed by atoms with van der Waals surface area (Å²) in [5.74, 6) is 0. The second-order valence-electron chi connectivity index (χ2n) is 9.04. The third kappa shape index (κ3) is 7.02. The van der Waals surface area contributed by atoms with Gasteiger partial charge in [-0.3, -0.25) is 0 Å². The third-order valence-corrected chi connectivity index (χ3v) is 5.60. The number of para-hydroxylation sites is 2. The van der Waals surface area contributed by atoms with E-state index in [1.54, 1.807) is 0 Å². The molecule has 0 radical (unpaired) electrons. The van der Waals surface area contributed by atoms with Gasteiger partial charge in [0.1, 0.15) is 0 Å². The molecular weight excluding hydrogens is 400 g/mol. The molecule has 0 N–H and O–H groups in total. The Morgan fingerprint density at radius 2 is 0.967 bits per heavy atom. The first kappa shape index (κ1) is 27.0. The van der Waals surface area contributed by atoms with Gasteiger partial charge in [-0.05, 0) is 48.4 Å². The van der Waals surface area contributed by atoms with Crippen LogP contribution >= 0.6 is 0 Å². The molecule has 0 aliphatic carbocycles. The van der Waals surface area contributed by atoms with Gasteiger partial charge in [-0.25, -0.2) is 0 Å². The molecule has 2 aromatic rings. The second-order valence-corrected chi connectivity index (χ2v) is 9.04. The molecule has 0 spiro atoms. The van der Waals surface area contributed by atoms with Crippen molar-refractivity contribution in [1.29, 1.82) is 0 Å². The van der Waals surface area contributed by atoms with E-state index in [4.69, 9.17) is 0 Å². The summed E-state index contributed by atoms with van der Waals surface area (Å²) in [6, 6.07) is 23.5. The summed E-state index contributed by atoms with van der Waals surface area (Å²) in [5, 5.41) is 0. The standard InChI is InChI=1S/C24H39B2N3.Ti/c1-19(2)27(20(3)4)25-26(28(21(5)6)22(7)8)29(23-15-11-9-12-16-23)24-17-13-10-14-18-24;/h9-22,25H,1-8H3;. The van der Waals surface area contributed by atoms with E-state index in [-0.39, 0.29) is 28.6 Å². The van der Waals surface area contributed by atoms with Crippen molar-refractivity contribution in [3.63, 3.8) is 0 Å². The Morgan fingerprint density at radius 3 is 1.27 bits per heavy atom. The van der Waals surface area contributed by atoms with E-state index < -0.39 is 0 Å².